The van der Waals surface area contributed by atoms with Crippen LogP contribution < -0.4 is 10.5 Å². The second-order valence-corrected chi connectivity index (χ2v) is 6.95. The van der Waals surface area contributed by atoms with E-state index < -0.39 is 15.3 Å². The summed E-state index contributed by atoms with van der Waals surface area (Å²) >= 11 is 1.88. The van der Waals surface area contributed by atoms with E-state index in [2.05, 4.69) is 4.72 Å². The van der Waals surface area contributed by atoms with Crippen LogP contribution in [0.1, 0.15) is 19.8 Å². The molecule has 1 heterocycles. The highest BCUT2D eigenvalue weighted by molar-refractivity contribution is 7.99. The molecule has 1 atom stereocenters. The Morgan fingerprint density at radius 3 is 2.57 bits per heavy atom. The average Bonchev–Trinajstić information content (AvgIpc) is 2.17. The van der Waals surface area contributed by atoms with E-state index in [1.165, 1.54) is 0 Å². The summed E-state index contributed by atoms with van der Waals surface area (Å²) in [5.41, 5.74) is 5.34. The van der Waals surface area contributed by atoms with Crippen LogP contribution >= 0.6 is 11.8 Å². The second-order valence-electron chi connectivity index (χ2n) is 3.60. The minimum atomic E-state index is -3.19. The van der Waals surface area contributed by atoms with Gasteiger partial charge in [-0.2, -0.15) is 11.8 Å². The first-order chi connectivity index (χ1) is 6.56. The van der Waals surface area contributed by atoms with Gasteiger partial charge in [-0.15, -0.1) is 0 Å². The molecule has 4 nitrogen and oxygen atoms in total. The SMILES string of the molecule is CC(CN)S(=O)(=O)NC1CCSCC1. The number of rotatable bonds is 4. The van der Waals surface area contributed by atoms with Crippen molar-refractivity contribution in [2.45, 2.75) is 31.1 Å². The van der Waals surface area contributed by atoms with E-state index in [1.807, 2.05) is 11.8 Å². The van der Waals surface area contributed by atoms with E-state index in [0.717, 1.165) is 24.3 Å². The van der Waals surface area contributed by atoms with Crippen LogP contribution in [0.5, 0.6) is 0 Å². The first kappa shape index (κ1) is 12.3. The molecule has 1 fully saturated rings. The van der Waals surface area contributed by atoms with Crippen molar-refractivity contribution < 1.29 is 8.42 Å². The number of hydrogen-bond donors (Lipinski definition) is 2. The number of thioether (sulfide) groups is 1. The molecule has 0 aromatic rings. The third kappa shape index (κ3) is 3.42. The van der Waals surface area contributed by atoms with Gasteiger partial charge < -0.3 is 5.73 Å². The normalized spacial score (nSPS) is 22.1. The molecule has 0 spiro atoms. The van der Waals surface area contributed by atoms with Crippen LogP contribution in [0.3, 0.4) is 0 Å². The summed E-state index contributed by atoms with van der Waals surface area (Å²) in [6.07, 6.45) is 1.86. The zero-order valence-corrected chi connectivity index (χ0v) is 10.0. The second kappa shape index (κ2) is 5.34. The summed E-state index contributed by atoms with van der Waals surface area (Å²) in [5.74, 6) is 2.09. The van der Waals surface area contributed by atoms with E-state index in [1.54, 1.807) is 6.92 Å². The number of nitrogens with one attached hydrogen (secondary N) is 1. The van der Waals surface area contributed by atoms with Crippen molar-refractivity contribution in [2.24, 2.45) is 5.73 Å². The van der Waals surface area contributed by atoms with E-state index >= 15 is 0 Å². The van der Waals surface area contributed by atoms with Crippen LogP contribution in [-0.4, -0.2) is 37.8 Å². The maximum absolute atomic E-state index is 11.6. The first-order valence-corrected chi connectivity index (χ1v) is 7.55. The summed E-state index contributed by atoms with van der Waals surface area (Å²) in [6, 6.07) is 0.121. The molecule has 14 heavy (non-hydrogen) atoms. The molecule has 3 N–H and O–H groups in total. The lowest BCUT2D eigenvalue weighted by Gasteiger charge is -2.23. The minimum Gasteiger partial charge on any atom is -0.329 e. The molecule has 1 rings (SSSR count). The van der Waals surface area contributed by atoms with Crippen molar-refractivity contribution in [3.05, 3.63) is 0 Å². The fourth-order valence-corrected chi connectivity index (χ4v) is 3.58. The molecule has 1 aliphatic heterocycles. The molecule has 84 valence electrons. The molecule has 6 heteroatoms. The third-order valence-corrected chi connectivity index (χ3v) is 5.38. The van der Waals surface area contributed by atoms with Crippen molar-refractivity contribution in [3.8, 4) is 0 Å². The van der Waals surface area contributed by atoms with E-state index in [4.69, 9.17) is 5.73 Å². The van der Waals surface area contributed by atoms with Gasteiger partial charge in [-0.05, 0) is 31.3 Å². The van der Waals surface area contributed by atoms with Crippen molar-refractivity contribution in [1.82, 2.24) is 4.72 Å². The molecule has 0 amide bonds. The fourth-order valence-electron chi connectivity index (χ4n) is 1.29. The summed E-state index contributed by atoms with van der Waals surface area (Å²) in [5, 5.41) is -0.489. The van der Waals surface area contributed by atoms with Gasteiger partial charge in [0, 0.05) is 12.6 Å². The number of nitrogens with two attached hydrogens (primary N) is 1. The van der Waals surface area contributed by atoms with Crippen molar-refractivity contribution in [1.29, 1.82) is 0 Å². The highest BCUT2D eigenvalue weighted by Crippen LogP contribution is 2.18. The maximum Gasteiger partial charge on any atom is 0.215 e. The van der Waals surface area contributed by atoms with Crippen LogP contribution in [0.25, 0.3) is 0 Å². The number of hydrogen-bond acceptors (Lipinski definition) is 4. The first-order valence-electron chi connectivity index (χ1n) is 4.85. The van der Waals surface area contributed by atoms with Gasteiger partial charge in [-0.3, -0.25) is 0 Å². The van der Waals surface area contributed by atoms with Crippen molar-refractivity contribution in [2.75, 3.05) is 18.1 Å². The summed E-state index contributed by atoms with van der Waals surface area (Å²) in [7, 11) is -3.19. The van der Waals surface area contributed by atoms with Gasteiger partial charge in [0.1, 0.15) is 0 Å². The standard InChI is InChI=1S/C8H18N2O2S2/c1-7(6-9)14(11,12)10-8-2-4-13-5-3-8/h7-8,10H,2-6,9H2,1H3. The van der Waals surface area contributed by atoms with Crippen LogP contribution in [-0.2, 0) is 10.0 Å². The Hall–Kier alpha value is 0.220. The fraction of sp³-hybridized carbons (Fsp3) is 1.00. The predicted octanol–water partition coefficient (Wildman–Crippen LogP) is 0.149. The maximum atomic E-state index is 11.6. The van der Waals surface area contributed by atoms with Gasteiger partial charge in [0.25, 0.3) is 0 Å². The van der Waals surface area contributed by atoms with Gasteiger partial charge >= 0.3 is 0 Å². The molecule has 0 saturated carbocycles. The predicted molar refractivity (Wildman–Crippen MR) is 60.9 cm³/mol. The smallest absolute Gasteiger partial charge is 0.215 e. The van der Waals surface area contributed by atoms with E-state index in [9.17, 15) is 8.42 Å². The van der Waals surface area contributed by atoms with Crippen LogP contribution in [0, 0.1) is 0 Å². The molecule has 0 bridgehead atoms. The Morgan fingerprint density at radius 2 is 2.07 bits per heavy atom. The highest BCUT2D eigenvalue weighted by Gasteiger charge is 2.24. The van der Waals surface area contributed by atoms with Gasteiger partial charge in [0.05, 0.1) is 5.25 Å². The summed E-state index contributed by atoms with van der Waals surface area (Å²) in [4.78, 5) is 0. The Morgan fingerprint density at radius 1 is 1.50 bits per heavy atom. The van der Waals surface area contributed by atoms with Gasteiger partial charge in [0.2, 0.25) is 10.0 Å². The van der Waals surface area contributed by atoms with Crippen molar-refractivity contribution >= 4 is 21.8 Å². The monoisotopic (exact) mass is 238 g/mol. The summed E-state index contributed by atoms with van der Waals surface area (Å²) in [6.45, 7) is 1.82. The third-order valence-electron chi connectivity index (χ3n) is 2.41. The highest BCUT2D eigenvalue weighted by atomic mass is 32.2. The van der Waals surface area contributed by atoms with Gasteiger partial charge in [0.15, 0.2) is 0 Å². The van der Waals surface area contributed by atoms with E-state index in [-0.39, 0.29) is 12.6 Å². The molecule has 0 radical (unpaired) electrons. The molecule has 0 aromatic carbocycles. The summed E-state index contributed by atoms with van der Waals surface area (Å²) < 4.78 is 26.0. The Kier molecular flexibility index (Phi) is 4.69. The molecular formula is C8H18N2O2S2. The van der Waals surface area contributed by atoms with E-state index in [0.29, 0.717) is 0 Å². The Bertz CT molecular complexity index is 261. The number of sulfonamides is 1. The van der Waals surface area contributed by atoms with Gasteiger partial charge in [-0.25, -0.2) is 13.1 Å². The van der Waals surface area contributed by atoms with Crippen molar-refractivity contribution in [3.63, 3.8) is 0 Å². The molecular weight excluding hydrogens is 220 g/mol. The zero-order valence-electron chi connectivity index (χ0n) is 8.40. The topological polar surface area (TPSA) is 72.2 Å². The zero-order chi connectivity index (χ0) is 10.6. The minimum absolute atomic E-state index is 0.121. The molecule has 1 aliphatic rings. The lowest BCUT2D eigenvalue weighted by molar-refractivity contribution is 0.520. The average molecular weight is 238 g/mol. The molecule has 1 unspecified atom stereocenters. The van der Waals surface area contributed by atoms with Gasteiger partial charge in [-0.1, -0.05) is 0 Å². The van der Waals surface area contributed by atoms with Crippen LogP contribution in [0.2, 0.25) is 0 Å². The van der Waals surface area contributed by atoms with Crippen LogP contribution in [0.4, 0.5) is 0 Å². The lowest BCUT2D eigenvalue weighted by Crippen LogP contribution is -2.43. The Balaban J connectivity index is 2.49. The Labute approximate surface area is 90.1 Å². The molecule has 0 aliphatic carbocycles. The molecule has 1 saturated heterocycles. The molecule has 0 aromatic heterocycles. The lowest BCUT2D eigenvalue weighted by atomic mass is 10.2. The largest absolute Gasteiger partial charge is 0.329 e. The quantitative estimate of drug-likeness (QED) is 0.731. The van der Waals surface area contributed by atoms with Crippen LogP contribution in [0.15, 0.2) is 0 Å².